The van der Waals surface area contributed by atoms with Gasteiger partial charge in [-0.1, -0.05) is 26.2 Å². The highest BCUT2D eigenvalue weighted by molar-refractivity contribution is 5.90. The van der Waals surface area contributed by atoms with Gasteiger partial charge in [0.15, 0.2) is 5.75 Å². The molecule has 2 aliphatic heterocycles. The maximum Gasteiger partial charge on any atom is 0.315 e. The number of ether oxygens (including phenoxy) is 2. The van der Waals surface area contributed by atoms with E-state index in [1.165, 1.54) is 7.11 Å². The number of nitrogens with one attached hydrogen (secondary N) is 2. The number of methoxy groups -OCH3 is 1. The molecular weight excluding hydrogens is 348 g/mol. The molecule has 0 amide bonds. The lowest BCUT2D eigenvalue weighted by molar-refractivity contribution is -0.386. The van der Waals surface area contributed by atoms with Crippen LogP contribution in [0.1, 0.15) is 50.6 Å². The van der Waals surface area contributed by atoms with E-state index in [2.05, 4.69) is 22.8 Å². The first-order valence-electron chi connectivity index (χ1n) is 9.67. The van der Waals surface area contributed by atoms with Gasteiger partial charge in [0.25, 0.3) is 0 Å². The standard InChI is InChI=1S/C19H28N4O4/c1-3-4-5-6-9-27-19-16(23(24)25)10-13(11-17(19)26-2)18-14-12-20-8-7-15(14)21-22-18/h10-11,14,18,20,22H,3-9,12H2,1-2H3. The van der Waals surface area contributed by atoms with Crippen LogP contribution in [0.5, 0.6) is 11.5 Å². The summed E-state index contributed by atoms with van der Waals surface area (Å²) in [5.41, 5.74) is 5.01. The van der Waals surface area contributed by atoms with E-state index in [1.807, 2.05) is 6.07 Å². The summed E-state index contributed by atoms with van der Waals surface area (Å²) in [6.45, 7) is 4.31. The summed E-state index contributed by atoms with van der Waals surface area (Å²) in [5.74, 6) is 0.807. The van der Waals surface area contributed by atoms with Gasteiger partial charge in [0.05, 0.1) is 24.7 Å². The van der Waals surface area contributed by atoms with E-state index in [-0.39, 0.29) is 23.4 Å². The molecule has 0 spiro atoms. The summed E-state index contributed by atoms with van der Waals surface area (Å²) in [5, 5.41) is 19.5. The fourth-order valence-electron chi connectivity index (χ4n) is 3.70. The van der Waals surface area contributed by atoms with Crippen molar-refractivity contribution < 1.29 is 14.4 Å². The lowest BCUT2D eigenvalue weighted by Gasteiger charge is -2.25. The van der Waals surface area contributed by atoms with Crippen molar-refractivity contribution in [1.82, 2.24) is 10.7 Å². The van der Waals surface area contributed by atoms with Crippen LogP contribution in [0.25, 0.3) is 0 Å². The second-order valence-corrected chi connectivity index (χ2v) is 7.01. The Kier molecular flexibility index (Phi) is 6.49. The minimum atomic E-state index is -0.400. The molecule has 3 rings (SSSR count). The van der Waals surface area contributed by atoms with E-state index < -0.39 is 4.92 Å². The second kappa shape index (κ2) is 9.03. The van der Waals surface area contributed by atoms with Crippen molar-refractivity contribution in [3.05, 3.63) is 27.8 Å². The fourth-order valence-corrected chi connectivity index (χ4v) is 3.70. The summed E-state index contributed by atoms with van der Waals surface area (Å²) in [7, 11) is 1.51. The molecule has 0 aromatic heterocycles. The van der Waals surface area contributed by atoms with Gasteiger partial charge >= 0.3 is 5.69 Å². The predicted molar refractivity (Wildman–Crippen MR) is 104 cm³/mol. The summed E-state index contributed by atoms with van der Waals surface area (Å²) in [6.07, 6.45) is 5.07. The van der Waals surface area contributed by atoms with Crippen LogP contribution in [0.4, 0.5) is 5.69 Å². The average Bonchev–Trinajstić information content (AvgIpc) is 3.11. The molecule has 1 aromatic carbocycles. The van der Waals surface area contributed by atoms with Gasteiger partial charge in [-0.2, -0.15) is 5.10 Å². The third kappa shape index (κ3) is 4.32. The van der Waals surface area contributed by atoms with Crippen LogP contribution in [0.2, 0.25) is 0 Å². The number of hydrazone groups is 1. The maximum atomic E-state index is 11.7. The fraction of sp³-hybridized carbons (Fsp3) is 0.632. The molecule has 0 saturated carbocycles. The maximum absolute atomic E-state index is 11.7. The summed E-state index contributed by atoms with van der Waals surface area (Å²) >= 11 is 0. The van der Waals surface area contributed by atoms with E-state index in [4.69, 9.17) is 9.47 Å². The number of unbranched alkanes of at least 4 members (excludes halogenated alkanes) is 3. The number of benzene rings is 1. The van der Waals surface area contributed by atoms with E-state index in [1.54, 1.807) is 6.07 Å². The first-order valence-corrected chi connectivity index (χ1v) is 9.67. The molecule has 8 nitrogen and oxygen atoms in total. The minimum Gasteiger partial charge on any atom is -0.493 e. The highest BCUT2D eigenvalue weighted by Crippen LogP contribution is 2.42. The number of nitro groups is 1. The van der Waals surface area contributed by atoms with Crippen molar-refractivity contribution in [2.75, 3.05) is 26.8 Å². The minimum absolute atomic E-state index is 0.0566. The van der Waals surface area contributed by atoms with E-state index in [0.717, 1.165) is 56.5 Å². The summed E-state index contributed by atoms with van der Waals surface area (Å²) < 4.78 is 11.2. The Morgan fingerprint density at radius 1 is 1.33 bits per heavy atom. The molecule has 0 aliphatic carbocycles. The van der Waals surface area contributed by atoms with Crippen LogP contribution in [-0.4, -0.2) is 37.4 Å². The Hall–Kier alpha value is -2.35. The third-order valence-corrected chi connectivity index (χ3v) is 5.18. The Morgan fingerprint density at radius 3 is 2.93 bits per heavy atom. The highest BCUT2D eigenvalue weighted by atomic mass is 16.6. The van der Waals surface area contributed by atoms with Crippen molar-refractivity contribution in [1.29, 1.82) is 0 Å². The zero-order valence-electron chi connectivity index (χ0n) is 16.0. The van der Waals surface area contributed by atoms with Crippen LogP contribution in [0.15, 0.2) is 17.2 Å². The molecular formula is C19H28N4O4. The monoisotopic (exact) mass is 376 g/mol. The van der Waals surface area contributed by atoms with E-state index in [9.17, 15) is 10.1 Å². The van der Waals surface area contributed by atoms with Crippen LogP contribution >= 0.6 is 0 Å². The van der Waals surface area contributed by atoms with Crippen molar-refractivity contribution in [2.24, 2.45) is 11.0 Å². The van der Waals surface area contributed by atoms with Gasteiger partial charge in [-0.05, 0) is 18.1 Å². The lowest BCUT2D eigenvalue weighted by Crippen LogP contribution is -2.38. The Balaban J connectivity index is 1.82. The van der Waals surface area contributed by atoms with Gasteiger partial charge in [-0.25, -0.2) is 0 Å². The van der Waals surface area contributed by atoms with E-state index >= 15 is 0 Å². The van der Waals surface area contributed by atoms with Gasteiger partial charge in [-0.15, -0.1) is 0 Å². The van der Waals surface area contributed by atoms with Crippen molar-refractivity contribution >= 4 is 11.4 Å². The molecule has 27 heavy (non-hydrogen) atoms. The Labute approximate surface area is 159 Å². The predicted octanol–water partition coefficient (Wildman–Crippen LogP) is 3.17. The molecule has 0 bridgehead atoms. The Morgan fingerprint density at radius 2 is 2.19 bits per heavy atom. The van der Waals surface area contributed by atoms with E-state index in [0.29, 0.717) is 12.4 Å². The van der Waals surface area contributed by atoms with Crippen molar-refractivity contribution in [2.45, 2.75) is 45.1 Å². The first-order chi connectivity index (χ1) is 13.2. The van der Waals surface area contributed by atoms with Crippen LogP contribution < -0.4 is 20.2 Å². The highest BCUT2D eigenvalue weighted by Gasteiger charge is 2.36. The first kappa shape index (κ1) is 19.4. The molecule has 1 aromatic rings. The number of hydrogen-bond donors (Lipinski definition) is 2. The van der Waals surface area contributed by atoms with Gasteiger partial charge in [-0.3, -0.25) is 10.1 Å². The number of rotatable bonds is 9. The topological polar surface area (TPSA) is 98.0 Å². The molecule has 2 atom stereocenters. The molecule has 2 unspecified atom stereocenters. The van der Waals surface area contributed by atoms with Gasteiger partial charge in [0.1, 0.15) is 0 Å². The molecule has 2 heterocycles. The largest absolute Gasteiger partial charge is 0.493 e. The van der Waals surface area contributed by atoms with Crippen molar-refractivity contribution in [3.8, 4) is 11.5 Å². The van der Waals surface area contributed by atoms with Crippen LogP contribution in [-0.2, 0) is 0 Å². The summed E-state index contributed by atoms with van der Waals surface area (Å²) in [6, 6.07) is 3.33. The molecule has 2 N–H and O–H groups in total. The SMILES string of the molecule is CCCCCCOc1c(OC)cc(C2NN=C3CCNCC32)cc1[N+](=O)[O-]. The Bertz CT molecular complexity index is 707. The van der Waals surface area contributed by atoms with Gasteiger partial charge in [0.2, 0.25) is 5.75 Å². The molecule has 148 valence electrons. The van der Waals surface area contributed by atoms with Crippen LogP contribution in [0, 0.1) is 16.0 Å². The second-order valence-electron chi connectivity index (χ2n) is 7.01. The lowest BCUT2D eigenvalue weighted by atomic mass is 9.87. The van der Waals surface area contributed by atoms with Gasteiger partial charge in [0, 0.05) is 37.2 Å². The molecule has 1 saturated heterocycles. The molecule has 1 fully saturated rings. The molecule has 2 aliphatic rings. The zero-order chi connectivity index (χ0) is 19.2. The number of nitro benzene ring substituents is 1. The average molecular weight is 376 g/mol. The van der Waals surface area contributed by atoms with Gasteiger partial charge < -0.3 is 20.2 Å². The summed E-state index contributed by atoms with van der Waals surface area (Å²) in [4.78, 5) is 11.3. The quantitative estimate of drug-likeness (QED) is 0.390. The van der Waals surface area contributed by atoms with Crippen molar-refractivity contribution in [3.63, 3.8) is 0 Å². The third-order valence-electron chi connectivity index (χ3n) is 5.18. The normalized spacial score (nSPS) is 21.2. The number of nitrogens with zero attached hydrogens (tertiary/aromatic N) is 2. The molecule has 0 radical (unpaired) electrons. The number of fused-ring (bicyclic) bond motifs is 1. The number of piperidine rings is 1. The van der Waals surface area contributed by atoms with Crippen LogP contribution in [0.3, 0.4) is 0 Å². The smallest absolute Gasteiger partial charge is 0.315 e. The zero-order valence-corrected chi connectivity index (χ0v) is 16.0. The molecule has 8 heteroatoms. The number of hydrogen-bond acceptors (Lipinski definition) is 7.